The lowest BCUT2D eigenvalue weighted by Crippen LogP contribution is -2.25. The highest BCUT2D eigenvalue weighted by Gasteiger charge is 2.16. The Kier molecular flexibility index (Phi) is 6.51. The van der Waals surface area contributed by atoms with E-state index >= 15 is 0 Å². The van der Waals surface area contributed by atoms with Crippen molar-refractivity contribution in [3.05, 3.63) is 70.1 Å². The molecule has 2 aromatic carbocycles. The second kappa shape index (κ2) is 9.25. The Morgan fingerprint density at radius 2 is 1.86 bits per heavy atom. The molecule has 1 atom stereocenters. The van der Waals surface area contributed by atoms with Gasteiger partial charge in [-0.05, 0) is 43.7 Å². The number of ether oxygens (including phenoxy) is 3. The number of aliphatic hydroxyl groups is 1. The summed E-state index contributed by atoms with van der Waals surface area (Å²) in [5, 5.41) is 10.3. The molecule has 3 rings (SSSR count). The number of aryl methyl sites for hydroxylation is 1. The van der Waals surface area contributed by atoms with Gasteiger partial charge in [0.25, 0.3) is 0 Å². The number of carbonyl (C=O) groups is 1. The Morgan fingerprint density at radius 1 is 1.10 bits per heavy atom. The van der Waals surface area contributed by atoms with E-state index in [9.17, 15) is 14.7 Å². The zero-order valence-electron chi connectivity index (χ0n) is 16.2. The Hall–Kier alpha value is -3.32. The Bertz CT molecular complexity index is 1050. The summed E-state index contributed by atoms with van der Waals surface area (Å²) in [4.78, 5) is 24.3. The van der Waals surface area contributed by atoms with Crippen LogP contribution >= 0.6 is 0 Å². The van der Waals surface area contributed by atoms with Gasteiger partial charge in [0, 0.05) is 6.07 Å². The third kappa shape index (κ3) is 5.14. The van der Waals surface area contributed by atoms with E-state index < -0.39 is 17.5 Å². The van der Waals surface area contributed by atoms with Crippen molar-refractivity contribution in [2.24, 2.45) is 0 Å². The van der Waals surface area contributed by atoms with Crippen LogP contribution in [-0.4, -0.2) is 37.0 Å². The minimum atomic E-state index is -0.906. The number of esters is 1. The summed E-state index contributed by atoms with van der Waals surface area (Å²) >= 11 is 0. The van der Waals surface area contributed by atoms with Gasteiger partial charge < -0.3 is 23.7 Å². The number of benzene rings is 2. The van der Waals surface area contributed by atoms with Gasteiger partial charge in [0.2, 0.25) is 5.76 Å². The molecule has 1 N–H and O–H groups in total. The number of hydrogen-bond acceptors (Lipinski definition) is 7. The van der Waals surface area contributed by atoms with Crippen LogP contribution in [0.5, 0.6) is 11.5 Å². The van der Waals surface area contributed by atoms with E-state index in [4.69, 9.17) is 18.6 Å². The van der Waals surface area contributed by atoms with E-state index in [1.54, 1.807) is 31.2 Å². The molecule has 1 aromatic heterocycles. The van der Waals surface area contributed by atoms with Gasteiger partial charge in [-0.15, -0.1) is 0 Å². The molecule has 152 valence electrons. The van der Waals surface area contributed by atoms with Crippen molar-refractivity contribution in [1.29, 1.82) is 0 Å². The topological polar surface area (TPSA) is 95.2 Å². The van der Waals surface area contributed by atoms with E-state index in [-0.39, 0.29) is 42.3 Å². The minimum Gasteiger partial charge on any atom is -0.491 e. The molecule has 7 nitrogen and oxygen atoms in total. The lowest BCUT2D eigenvalue weighted by Gasteiger charge is -2.14. The molecule has 0 aliphatic heterocycles. The molecule has 0 spiro atoms. The maximum Gasteiger partial charge on any atom is 0.374 e. The average molecular weight is 398 g/mol. The van der Waals surface area contributed by atoms with E-state index in [1.165, 1.54) is 0 Å². The minimum absolute atomic E-state index is 0.0375. The van der Waals surface area contributed by atoms with Gasteiger partial charge in [0.1, 0.15) is 41.8 Å². The predicted octanol–water partition coefficient (Wildman–Crippen LogP) is 3.10. The first-order valence-corrected chi connectivity index (χ1v) is 9.22. The largest absolute Gasteiger partial charge is 0.491 e. The smallest absolute Gasteiger partial charge is 0.374 e. The zero-order valence-corrected chi connectivity index (χ0v) is 16.2. The van der Waals surface area contributed by atoms with Crippen molar-refractivity contribution in [2.45, 2.75) is 20.0 Å². The highest BCUT2D eigenvalue weighted by atomic mass is 16.5. The summed E-state index contributed by atoms with van der Waals surface area (Å²) in [7, 11) is 0. The summed E-state index contributed by atoms with van der Waals surface area (Å²) in [6.07, 6.45) is -0.906. The highest BCUT2D eigenvalue weighted by Crippen LogP contribution is 2.24. The molecular weight excluding hydrogens is 376 g/mol. The lowest BCUT2D eigenvalue weighted by atomic mass is 10.2. The molecule has 7 heteroatoms. The summed E-state index contributed by atoms with van der Waals surface area (Å²) in [6, 6.07) is 13.3. The van der Waals surface area contributed by atoms with Crippen LogP contribution in [-0.2, 0) is 4.74 Å². The van der Waals surface area contributed by atoms with E-state index in [2.05, 4.69) is 0 Å². The molecule has 3 aromatic rings. The molecular formula is C22H22O7. The van der Waals surface area contributed by atoms with E-state index in [0.717, 1.165) is 11.6 Å². The molecule has 1 unspecified atom stereocenters. The van der Waals surface area contributed by atoms with Gasteiger partial charge in [-0.1, -0.05) is 18.2 Å². The van der Waals surface area contributed by atoms with Crippen LogP contribution in [0.4, 0.5) is 0 Å². The van der Waals surface area contributed by atoms with Crippen molar-refractivity contribution in [1.82, 2.24) is 0 Å². The molecule has 0 fully saturated rings. The lowest BCUT2D eigenvalue weighted by molar-refractivity contribution is 0.0490. The Labute approximate surface area is 167 Å². The third-order valence-electron chi connectivity index (χ3n) is 4.06. The van der Waals surface area contributed by atoms with Gasteiger partial charge >= 0.3 is 5.97 Å². The summed E-state index contributed by atoms with van der Waals surface area (Å²) in [6.45, 7) is 3.74. The molecule has 29 heavy (non-hydrogen) atoms. The molecule has 1 heterocycles. The number of hydrogen-bond donors (Lipinski definition) is 1. The molecule has 0 bridgehead atoms. The molecule has 0 saturated carbocycles. The monoisotopic (exact) mass is 398 g/mol. The molecule has 0 radical (unpaired) electrons. The SMILES string of the molecule is CCOC(=O)c1cc(=O)c2c(OCC(O)COc3cccc(C)c3)cccc2o1. The van der Waals surface area contributed by atoms with Crippen LogP contribution in [0.2, 0.25) is 0 Å². The molecule has 0 aliphatic carbocycles. The van der Waals surface area contributed by atoms with Gasteiger partial charge in [-0.25, -0.2) is 4.79 Å². The number of fused-ring (bicyclic) bond motifs is 1. The quantitative estimate of drug-likeness (QED) is 0.583. The highest BCUT2D eigenvalue weighted by molar-refractivity contribution is 5.90. The van der Waals surface area contributed by atoms with Crippen LogP contribution in [0, 0.1) is 6.92 Å². The number of rotatable bonds is 8. The van der Waals surface area contributed by atoms with Crippen LogP contribution in [0.15, 0.2) is 57.7 Å². The van der Waals surface area contributed by atoms with Crippen molar-refractivity contribution < 1.29 is 28.5 Å². The normalized spacial score (nSPS) is 11.8. The molecule has 0 aliphatic rings. The average Bonchev–Trinajstić information content (AvgIpc) is 2.70. The van der Waals surface area contributed by atoms with Crippen molar-refractivity contribution in [3.63, 3.8) is 0 Å². The van der Waals surface area contributed by atoms with Crippen molar-refractivity contribution >= 4 is 16.9 Å². The molecule has 0 saturated heterocycles. The van der Waals surface area contributed by atoms with Gasteiger partial charge in [0.05, 0.1) is 6.61 Å². The summed E-state index contributed by atoms with van der Waals surface area (Å²) in [5.41, 5.74) is 0.817. The van der Waals surface area contributed by atoms with Crippen LogP contribution in [0.1, 0.15) is 23.0 Å². The van der Waals surface area contributed by atoms with E-state index in [0.29, 0.717) is 5.75 Å². The maximum absolute atomic E-state index is 12.5. The fourth-order valence-corrected chi connectivity index (χ4v) is 2.73. The van der Waals surface area contributed by atoms with Crippen LogP contribution in [0.25, 0.3) is 11.0 Å². The van der Waals surface area contributed by atoms with Crippen molar-refractivity contribution in [2.75, 3.05) is 19.8 Å². The van der Waals surface area contributed by atoms with Gasteiger partial charge in [-0.2, -0.15) is 0 Å². The summed E-state index contributed by atoms with van der Waals surface area (Å²) in [5.74, 6) is 0.0252. The first kappa shape index (κ1) is 20.4. The Morgan fingerprint density at radius 3 is 2.62 bits per heavy atom. The molecule has 0 amide bonds. The van der Waals surface area contributed by atoms with Crippen LogP contribution < -0.4 is 14.9 Å². The fourth-order valence-electron chi connectivity index (χ4n) is 2.73. The van der Waals surface area contributed by atoms with Crippen LogP contribution in [0.3, 0.4) is 0 Å². The second-order valence-electron chi connectivity index (χ2n) is 6.42. The third-order valence-corrected chi connectivity index (χ3v) is 4.06. The number of carbonyl (C=O) groups excluding carboxylic acids is 1. The number of aliphatic hydroxyl groups excluding tert-OH is 1. The standard InChI is InChI=1S/C22H22O7/c1-3-26-22(25)20-11-17(24)21-18(8-5-9-19(21)29-20)28-13-15(23)12-27-16-7-4-6-14(2)10-16/h4-11,15,23H,3,12-13H2,1-2H3. The predicted molar refractivity (Wildman–Crippen MR) is 107 cm³/mol. The first-order valence-electron chi connectivity index (χ1n) is 9.22. The second-order valence-corrected chi connectivity index (χ2v) is 6.42. The first-order chi connectivity index (χ1) is 14.0. The summed E-state index contributed by atoms with van der Waals surface area (Å²) < 4.78 is 21.5. The fraction of sp³-hybridized carbons (Fsp3) is 0.273. The Balaban J connectivity index is 1.69. The van der Waals surface area contributed by atoms with E-state index in [1.807, 2.05) is 25.1 Å². The maximum atomic E-state index is 12.5. The van der Waals surface area contributed by atoms with Gasteiger partial charge in [0.15, 0.2) is 5.43 Å². The zero-order chi connectivity index (χ0) is 20.8. The van der Waals surface area contributed by atoms with Gasteiger partial charge in [-0.3, -0.25) is 4.79 Å². The van der Waals surface area contributed by atoms with Crippen molar-refractivity contribution in [3.8, 4) is 11.5 Å².